The third-order valence-corrected chi connectivity index (χ3v) is 8.03. The van der Waals surface area contributed by atoms with Crippen LogP contribution in [0, 0.1) is 0 Å². The van der Waals surface area contributed by atoms with Crippen molar-refractivity contribution in [3.8, 4) is 11.4 Å². The first-order valence-electron chi connectivity index (χ1n) is 12.9. The van der Waals surface area contributed by atoms with E-state index >= 15 is 0 Å². The summed E-state index contributed by atoms with van der Waals surface area (Å²) < 4.78 is 1.93. The molecule has 0 spiro atoms. The number of benzene rings is 3. The van der Waals surface area contributed by atoms with Crippen LogP contribution in [0.5, 0.6) is 0 Å². The van der Waals surface area contributed by atoms with Crippen molar-refractivity contribution < 1.29 is 19.2 Å². The summed E-state index contributed by atoms with van der Waals surface area (Å²) in [6.45, 7) is 5.98. The molecule has 9 nitrogen and oxygen atoms in total. The van der Waals surface area contributed by atoms with Gasteiger partial charge in [-0.3, -0.25) is 19.2 Å². The Kier molecular flexibility index (Phi) is 7.61. The standard InChI is InChI=1S/C30H27N5O4S/c1-4-25(27(37)31-21-14-10-19(11-15-21)18(3)36)40-30-33-32-26(34(30)5-2)20-12-16-22(17-13-20)35-28(38)23-8-6-7-9-24(23)29(35)39/h6-17,25H,4-5H2,1-3H3,(H,31,37). The maximum Gasteiger partial charge on any atom is 0.266 e. The van der Waals surface area contributed by atoms with Gasteiger partial charge < -0.3 is 9.88 Å². The van der Waals surface area contributed by atoms with E-state index in [0.717, 1.165) is 5.56 Å². The van der Waals surface area contributed by atoms with Gasteiger partial charge in [-0.2, -0.15) is 0 Å². The van der Waals surface area contributed by atoms with Crippen LogP contribution in [0.4, 0.5) is 11.4 Å². The summed E-state index contributed by atoms with van der Waals surface area (Å²) >= 11 is 1.33. The number of anilines is 2. The highest BCUT2D eigenvalue weighted by atomic mass is 32.2. The van der Waals surface area contributed by atoms with E-state index in [1.165, 1.54) is 23.6 Å². The van der Waals surface area contributed by atoms with Crippen LogP contribution in [0.3, 0.4) is 0 Å². The Morgan fingerprint density at radius 1 is 0.875 bits per heavy atom. The number of hydrogen-bond acceptors (Lipinski definition) is 7. The SMILES string of the molecule is CCC(Sc1nnc(-c2ccc(N3C(=O)c4ccccc4C3=O)cc2)n1CC)C(=O)Nc1ccc(C(C)=O)cc1. The van der Waals surface area contributed by atoms with Gasteiger partial charge in [-0.1, -0.05) is 30.8 Å². The zero-order valence-corrected chi connectivity index (χ0v) is 23.1. The molecule has 10 heteroatoms. The van der Waals surface area contributed by atoms with E-state index < -0.39 is 5.25 Å². The third kappa shape index (κ3) is 5.05. The molecule has 40 heavy (non-hydrogen) atoms. The van der Waals surface area contributed by atoms with Crippen LogP contribution in [-0.2, 0) is 11.3 Å². The lowest BCUT2D eigenvalue weighted by Gasteiger charge is -2.16. The average molecular weight is 554 g/mol. The molecule has 0 bridgehead atoms. The van der Waals surface area contributed by atoms with Crippen molar-refractivity contribution >= 4 is 46.6 Å². The van der Waals surface area contributed by atoms with Gasteiger partial charge in [0.2, 0.25) is 5.91 Å². The largest absolute Gasteiger partial charge is 0.325 e. The molecule has 4 aromatic rings. The Balaban J connectivity index is 1.32. The minimum absolute atomic E-state index is 0.0344. The van der Waals surface area contributed by atoms with Crippen LogP contribution >= 0.6 is 11.8 Å². The van der Waals surface area contributed by atoms with Crippen molar-refractivity contribution in [2.45, 2.75) is 44.1 Å². The molecule has 0 fully saturated rings. The molecule has 2 heterocycles. The van der Waals surface area contributed by atoms with Crippen LogP contribution in [0.15, 0.2) is 78.0 Å². The molecule has 1 aliphatic heterocycles. The fourth-order valence-electron chi connectivity index (χ4n) is 4.52. The zero-order valence-electron chi connectivity index (χ0n) is 22.2. The minimum Gasteiger partial charge on any atom is -0.325 e. The molecule has 1 atom stereocenters. The van der Waals surface area contributed by atoms with Crippen LogP contribution in [0.1, 0.15) is 58.3 Å². The number of carbonyl (C=O) groups is 4. The van der Waals surface area contributed by atoms with Gasteiger partial charge >= 0.3 is 0 Å². The highest BCUT2D eigenvalue weighted by Crippen LogP contribution is 2.32. The molecule has 1 aromatic heterocycles. The fourth-order valence-corrected chi connectivity index (χ4v) is 5.54. The monoisotopic (exact) mass is 553 g/mol. The van der Waals surface area contributed by atoms with Gasteiger partial charge in [-0.25, -0.2) is 4.90 Å². The molecule has 1 N–H and O–H groups in total. The fraction of sp³-hybridized carbons (Fsp3) is 0.200. The normalized spacial score (nSPS) is 13.3. The maximum atomic E-state index is 13.0. The van der Waals surface area contributed by atoms with Crippen molar-refractivity contribution in [2.75, 3.05) is 10.2 Å². The molecule has 202 valence electrons. The molecule has 1 unspecified atom stereocenters. The number of Topliss-reactive ketones (excluding diaryl/α,β-unsaturated/α-hetero) is 1. The van der Waals surface area contributed by atoms with Gasteiger partial charge in [0.15, 0.2) is 16.8 Å². The number of hydrogen-bond donors (Lipinski definition) is 1. The number of aromatic nitrogens is 3. The quantitative estimate of drug-likeness (QED) is 0.166. The number of thioether (sulfide) groups is 1. The smallest absolute Gasteiger partial charge is 0.266 e. The Bertz CT molecular complexity index is 1580. The lowest BCUT2D eigenvalue weighted by Crippen LogP contribution is -2.29. The van der Waals surface area contributed by atoms with Crippen molar-refractivity contribution in [2.24, 2.45) is 0 Å². The van der Waals surface area contributed by atoms with Gasteiger partial charge in [0, 0.05) is 23.4 Å². The molecular weight excluding hydrogens is 526 g/mol. The van der Waals surface area contributed by atoms with E-state index in [-0.39, 0.29) is 23.5 Å². The lowest BCUT2D eigenvalue weighted by molar-refractivity contribution is -0.115. The van der Waals surface area contributed by atoms with Crippen LogP contribution in [0.25, 0.3) is 11.4 Å². The van der Waals surface area contributed by atoms with Crippen LogP contribution < -0.4 is 10.2 Å². The number of amides is 3. The third-order valence-electron chi connectivity index (χ3n) is 6.68. The summed E-state index contributed by atoms with van der Waals surface area (Å²) in [5.74, 6) is -0.271. The van der Waals surface area contributed by atoms with Gasteiger partial charge in [0.25, 0.3) is 11.8 Å². The Morgan fingerprint density at radius 3 is 2.05 bits per heavy atom. The van der Waals surface area contributed by atoms with Gasteiger partial charge in [-0.15, -0.1) is 10.2 Å². The number of nitrogens with zero attached hydrogens (tertiary/aromatic N) is 4. The Morgan fingerprint density at radius 2 is 1.50 bits per heavy atom. The average Bonchev–Trinajstić information content (AvgIpc) is 3.49. The number of imide groups is 1. The number of carbonyl (C=O) groups excluding carboxylic acids is 4. The molecule has 3 aromatic carbocycles. The number of nitrogens with one attached hydrogen (secondary N) is 1. The summed E-state index contributed by atoms with van der Waals surface area (Å²) in [7, 11) is 0. The first kappa shape index (κ1) is 27.0. The van der Waals surface area contributed by atoms with Crippen LogP contribution in [-0.4, -0.2) is 43.5 Å². The minimum atomic E-state index is -0.411. The number of rotatable bonds is 9. The first-order chi connectivity index (χ1) is 19.3. The molecule has 0 radical (unpaired) electrons. The van der Waals surface area contributed by atoms with Gasteiger partial charge in [0.1, 0.15) is 0 Å². The van der Waals surface area contributed by atoms with Gasteiger partial charge in [-0.05, 0) is 80.9 Å². The summed E-state index contributed by atoms with van der Waals surface area (Å²) in [4.78, 5) is 51.4. The highest BCUT2D eigenvalue weighted by molar-refractivity contribution is 8.00. The summed E-state index contributed by atoms with van der Waals surface area (Å²) in [6, 6.07) is 20.6. The van der Waals surface area contributed by atoms with E-state index in [1.807, 2.05) is 18.4 Å². The second-order valence-electron chi connectivity index (χ2n) is 9.23. The van der Waals surface area contributed by atoms with Gasteiger partial charge in [0.05, 0.1) is 22.1 Å². The summed E-state index contributed by atoms with van der Waals surface area (Å²) in [5.41, 5.74) is 3.23. The zero-order chi connectivity index (χ0) is 28.4. The Labute approximate surface area is 235 Å². The maximum absolute atomic E-state index is 13.0. The number of fused-ring (bicyclic) bond motifs is 1. The molecule has 1 aliphatic rings. The van der Waals surface area contributed by atoms with E-state index in [0.29, 0.717) is 52.0 Å². The molecule has 0 saturated carbocycles. The topological polar surface area (TPSA) is 114 Å². The second kappa shape index (κ2) is 11.3. The lowest BCUT2D eigenvalue weighted by atomic mass is 10.1. The van der Waals surface area contributed by atoms with Crippen molar-refractivity contribution in [1.82, 2.24) is 14.8 Å². The second-order valence-corrected chi connectivity index (χ2v) is 10.4. The predicted octanol–water partition coefficient (Wildman–Crippen LogP) is 5.48. The number of ketones is 1. The van der Waals surface area contributed by atoms with Crippen molar-refractivity contribution in [3.05, 3.63) is 89.5 Å². The predicted molar refractivity (Wildman–Crippen MR) is 154 cm³/mol. The highest BCUT2D eigenvalue weighted by Gasteiger charge is 2.36. The molecule has 3 amide bonds. The van der Waals surface area contributed by atoms with E-state index in [2.05, 4.69) is 15.5 Å². The van der Waals surface area contributed by atoms with Crippen molar-refractivity contribution in [1.29, 1.82) is 0 Å². The molecule has 0 saturated heterocycles. The Hall–Kier alpha value is -4.57. The summed E-state index contributed by atoms with van der Waals surface area (Å²) in [6.07, 6.45) is 0.572. The molecule has 0 aliphatic carbocycles. The van der Waals surface area contributed by atoms with Crippen LogP contribution in [0.2, 0.25) is 0 Å². The molecular formula is C30H27N5O4S. The summed E-state index contributed by atoms with van der Waals surface area (Å²) in [5, 5.41) is 11.9. The first-order valence-corrected chi connectivity index (χ1v) is 13.8. The van der Waals surface area contributed by atoms with E-state index in [1.54, 1.807) is 72.8 Å². The molecule has 5 rings (SSSR count). The van der Waals surface area contributed by atoms with E-state index in [9.17, 15) is 19.2 Å². The van der Waals surface area contributed by atoms with E-state index in [4.69, 9.17) is 0 Å². The van der Waals surface area contributed by atoms with Crippen molar-refractivity contribution in [3.63, 3.8) is 0 Å².